The van der Waals surface area contributed by atoms with Crippen LogP contribution in [0, 0.1) is 5.82 Å². The molecule has 0 spiro atoms. The van der Waals surface area contributed by atoms with Gasteiger partial charge in [-0.25, -0.2) is 8.36 Å². The molecule has 0 unspecified atom stereocenters. The summed E-state index contributed by atoms with van der Waals surface area (Å²) in [6, 6.07) is 12.3. The Kier molecular flexibility index (Phi) is 9.19. The maximum atomic E-state index is 14.2. The van der Waals surface area contributed by atoms with Crippen molar-refractivity contribution in [3.05, 3.63) is 77.4 Å². The van der Waals surface area contributed by atoms with E-state index in [0.29, 0.717) is 29.6 Å². The van der Waals surface area contributed by atoms with Gasteiger partial charge in [0.25, 0.3) is 11.8 Å². The number of carbonyl (C=O) groups is 2. The van der Waals surface area contributed by atoms with Crippen molar-refractivity contribution >= 4 is 39.0 Å². The van der Waals surface area contributed by atoms with Crippen LogP contribution in [0.3, 0.4) is 0 Å². The zero-order valence-electron chi connectivity index (χ0n) is 21.4. The Morgan fingerprint density at radius 1 is 1.03 bits per heavy atom. The predicted molar refractivity (Wildman–Crippen MR) is 143 cm³/mol. The van der Waals surface area contributed by atoms with Gasteiger partial charge in [-0.3, -0.25) is 9.59 Å². The van der Waals surface area contributed by atoms with Gasteiger partial charge >= 0.3 is 10.2 Å². The minimum atomic E-state index is -3.86. The summed E-state index contributed by atoms with van der Waals surface area (Å²) in [5, 5.41) is 5.85. The molecular formula is C26H32FN5O4S. The molecule has 0 aliphatic rings. The number of rotatable bonds is 11. The molecule has 198 valence electrons. The third-order valence-electron chi connectivity index (χ3n) is 5.94. The van der Waals surface area contributed by atoms with Crippen LogP contribution in [0.2, 0.25) is 0 Å². The first-order valence-corrected chi connectivity index (χ1v) is 13.3. The van der Waals surface area contributed by atoms with Gasteiger partial charge in [-0.2, -0.15) is 12.7 Å². The number of amides is 2. The Bertz CT molecular complexity index is 1410. The molecule has 2 aromatic carbocycles. The lowest BCUT2D eigenvalue weighted by Gasteiger charge is -2.18. The molecule has 9 nitrogen and oxygen atoms in total. The molecule has 2 N–H and O–H groups in total. The van der Waals surface area contributed by atoms with Crippen LogP contribution in [-0.2, 0) is 15.0 Å². The summed E-state index contributed by atoms with van der Waals surface area (Å²) in [5.41, 5.74) is 0.438. The number of para-hydroxylation sites is 1. The number of carbonyl (C=O) groups excluding carboxylic acids is 2. The molecule has 37 heavy (non-hydrogen) atoms. The van der Waals surface area contributed by atoms with Crippen molar-refractivity contribution in [3.63, 3.8) is 0 Å². The topological polar surface area (TPSA) is 104 Å². The van der Waals surface area contributed by atoms with Crippen LogP contribution < -0.4 is 10.6 Å². The molecule has 0 aliphatic carbocycles. The lowest BCUT2D eigenvalue weighted by Crippen LogP contribution is -2.39. The first-order valence-electron chi connectivity index (χ1n) is 11.9. The number of hydrogen-bond donors (Lipinski definition) is 2. The molecule has 0 atom stereocenters. The van der Waals surface area contributed by atoms with E-state index in [4.69, 9.17) is 0 Å². The summed E-state index contributed by atoms with van der Waals surface area (Å²) in [6.45, 7) is 6.60. The highest BCUT2D eigenvalue weighted by molar-refractivity contribution is 7.87. The fourth-order valence-electron chi connectivity index (χ4n) is 3.77. The summed E-state index contributed by atoms with van der Waals surface area (Å²) >= 11 is 0. The summed E-state index contributed by atoms with van der Waals surface area (Å²) in [6.07, 6.45) is 2.79. The van der Waals surface area contributed by atoms with Gasteiger partial charge in [0.1, 0.15) is 11.5 Å². The van der Waals surface area contributed by atoms with Crippen LogP contribution in [0.5, 0.6) is 0 Å². The van der Waals surface area contributed by atoms with E-state index in [0.717, 1.165) is 27.4 Å². The molecule has 0 radical (unpaired) electrons. The Morgan fingerprint density at radius 3 is 2.32 bits per heavy atom. The molecule has 1 aromatic heterocycles. The molecular weight excluding hydrogens is 497 g/mol. The molecule has 3 rings (SSSR count). The number of fused-ring (bicyclic) bond motifs is 1. The van der Waals surface area contributed by atoms with Crippen LogP contribution in [0.4, 0.5) is 4.39 Å². The van der Waals surface area contributed by atoms with E-state index in [2.05, 4.69) is 15.5 Å². The Labute approximate surface area is 216 Å². The zero-order valence-corrected chi connectivity index (χ0v) is 22.2. The van der Waals surface area contributed by atoms with E-state index >= 15 is 0 Å². The monoisotopic (exact) mass is 529 g/mol. The molecule has 0 aliphatic heterocycles. The largest absolute Gasteiger partial charge is 0.349 e. The SMILES string of the molecule is CCN(CC)CCNC(=O)C(=Cc1cn(S(=O)(=O)N(C)C)c2ccccc12)NC(=O)c1ccccc1F. The van der Waals surface area contributed by atoms with Crippen LogP contribution >= 0.6 is 0 Å². The van der Waals surface area contributed by atoms with Crippen LogP contribution in [0.25, 0.3) is 17.0 Å². The average Bonchev–Trinajstić information content (AvgIpc) is 3.25. The van der Waals surface area contributed by atoms with Crippen LogP contribution in [-0.4, -0.2) is 73.7 Å². The van der Waals surface area contributed by atoms with Crippen molar-refractivity contribution in [3.8, 4) is 0 Å². The van der Waals surface area contributed by atoms with Gasteiger partial charge in [0.15, 0.2) is 0 Å². The number of benzene rings is 2. The summed E-state index contributed by atoms with van der Waals surface area (Å²) in [5.74, 6) is -2.10. The molecule has 0 bridgehead atoms. The maximum Gasteiger partial charge on any atom is 0.307 e. The van der Waals surface area contributed by atoms with Crippen molar-refractivity contribution in [2.45, 2.75) is 13.8 Å². The van der Waals surface area contributed by atoms with Crippen molar-refractivity contribution in [2.24, 2.45) is 0 Å². The number of hydrogen-bond acceptors (Lipinski definition) is 5. The Hall–Kier alpha value is -3.54. The summed E-state index contributed by atoms with van der Waals surface area (Å²) < 4.78 is 42.3. The van der Waals surface area contributed by atoms with E-state index in [-0.39, 0.29) is 11.3 Å². The smallest absolute Gasteiger partial charge is 0.307 e. The standard InChI is InChI=1S/C26H32FN5O4S/c1-5-31(6-2)16-15-28-26(34)23(29-25(33)21-12-7-9-13-22(21)27)17-19-18-32(37(35,36)30(3)4)24-14-10-8-11-20(19)24/h7-14,17-18H,5-6,15-16H2,1-4H3,(H,28,34)(H,29,33). The van der Waals surface area contributed by atoms with Gasteiger partial charge in [-0.15, -0.1) is 0 Å². The summed E-state index contributed by atoms with van der Waals surface area (Å²) in [7, 11) is -1.02. The van der Waals surface area contributed by atoms with Crippen molar-refractivity contribution in [2.75, 3.05) is 40.3 Å². The predicted octanol–water partition coefficient (Wildman–Crippen LogP) is 2.66. The fraction of sp³-hybridized carbons (Fsp3) is 0.308. The first kappa shape index (κ1) is 28.0. The molecule has 0 saturated carbocycles. The Morgan fingerprint density at radius 2 is 1.68 bits per heavy atom. The van der Waals surface area contributed by atoms with Crippen molar-refractivity contribution in [1.29, 1.82) is 0 Å². The normalized spacial score (nSPS) is 12.4. The number of nitrogens with zero attached hydrogens (tertiary/aromatic N) is 3. The zero-order chi connectivity index (χ0) is 27.2. The fourth-order valence-corrected chi connectivity index (χ4v) is 4.78. The van der Waals surface area contributed by atoms with Gasteiger partial charge in [0.05, 0.1) is 11.1 Å². The minimum absolute atomic E-state index is 0.141. The van der Waals surface area contributed by atoms with E-state index in [1.807, 2.05) is 13.8 Å². The third-order valence-corrected chi connectivity index (χ3v) is 7.66. The lowest BCUT2D eigenvalue weighted by atomic mass is 10.1. The number of nitrogens with one attached hydrogen (secondary N) is 2. The number of halogens is 1. The maximum absolute atomic E-state index is 14.2. The van der Waals surface area contributed by atoms with Gasteiger partial charge in [-0.05, 0) is 37.4 Å². The lowest BCUT2D eigenvalue weighted by molar-refractivity contribution is -0.117. The molecule has 3 aromatic rings. The van der Waals surface area contributed by atoms with Gasteiger partial charge in [-0.1, -0.05) is 44.2 Å². The van der Waals surface area contributed by atoms with E-state index in [1.165, 1.54) is 44.6 Å². The molecule has 0 saturated heterocycles. The molecule has 0 fully saturated rings. The second-order valence-corrected chi connectivity index (χ2v) is 10.5. The first-order chi connectivity index (χ1) is 17.6. The minimum Gasteiger partial charge on any atom is -0.349 e. The highest BCUT2D eigenvalue weighted by Gasteiger charge is 2.22. The highest BCUT2D eigenvalue weighted by Crippen LogP contribution is 2.25. The second kappa shape index (κ2) is 12.1. The van der Waals surface area contributed by atoms with Gasteiger partial charge in [0.2, 0.25) is 0 Å². The van der Waals surface area contributed by atoms with E-state index in [1.54, 1.807) is 24.3 Å². The van der Waals surface area contributed by atoms with Gasteiger partial charge in [0, 0.05) is 44.3 Å². The van der Waals surface area contributed by atoms with Gasteiger partial charge < -0.3 is 15.5 Å². The quantitative estimate of drug-likeness (QED) is 0.372. The molecule has 1 heterocycles. The van der Waals surface area contributed by atoms with Crippen LogP contribution in [0.15, 0.2) is 60.4 Å². The van der Waals surface area contributed by atoms with E-state index < -0.39 is 27.8 Å². The van der Waals surface area contributed by atoms with Crippen molar-refractivity contribution < 1.29 is 22.4 Å². The average molecular weight is 530 g/mol. The van der Waals surface area contributed by atoms with Crippen molar-refractivity contribution in [1.82, 2.24) is 23.8 Å². The van der Waals surface area contributed by atoms with Crippen LogP contribution in [0.1, 0.15) is 29.8 Å². The third kappa shape index (κ3) is 6.43. The number of likely N-dealkylation sites (N-methyl/N-ethyl adjacent to an activating group) is 1. The second-order valence-electron chi connectivity index (χ2n) is 8.46. The number of aromatic nitrogens is 1. The van der Waals surface area contributed by atoms with E-state index in [9.17, 15) is 22.4 Å². The summed E-state index contributed by atoms with van der Waals surface area (Å²) in [4.78, 5) is 28.2. The highest BCUT2D eigenvalue weighted by atomic mass is 32.2. The molecule has 11 heteroatoms. The molecule has 2 amide bonds. The Balaban J connectivity index is 2.04.